The van der Waals surface area contributed by atoms with Crippen molar-refractivity contribution >= 4 is 40.7 Å². The van der Waals surface area contributed by atoms with Crippen molar-refractivity contribution in [2.75, 3.05) is 0 Å². The lowest BCUT2D eigenvalue weighted by Gasteiger charge is -2.21. The number of nitrogens with one attached hydrogen (secondary N) is 2. The van der Waals surface area contributed by atoms with Gasteiger partial charge in [0.15, 0.2) is 0 Å². The highest BCUT2D eigenvalue weighted by Crippen LogP contribution is 2.22. The number of aliphatic carboxylic acids is 1. The number of amides is 2. The second-order valence-electron chi connectivity index (χ2n) is 5.51. The molecule has 1 aromatic carbocycles. The molecule has 0 aliphatic carbocycles. The smallest absolute Gasteiger partial charge is 0.305 e. The van der Waals surface area contributed by atoms with Crippen molar-refractivity contribution in [3.63, 3.8) is 0 Å². The molecule has 0 fully saturated rings. The third kappa shape index (κ3) is 5.27. The fraction of sp³-hybridized carbons (Fsp3) is 0.235. The summed E-state index contributed by atoms with van der Waals surface area (Å²) in [6, 6.07) is 5.26. The summed E-state index contributed by atoms with van der Waals surface area (Å²) < 4.78 is 13.7. The van der Waals surface area contributed by atoms with Gasteiger partial charge in [0, 0.05) is 0 Å². The first-order valence-corrected chi connectivity index (χ1v) is 8.85. The van der Waals surface area contributed by atoms with Crippen LogP contribution >= 0.6 is 22.9 Å². The number of thiophene rings is 1. The third-order valence-electron chi connectivity index (χ3n) is 3.53. The first kappa shape index (κ1) is 19.9. The molecule has 0 aliphatic rings. The molecule has 0 unspecified atom stereocenters. The zero-order valence-corrected chi connectivity index (χ0v) is 15.2. The normalized spacial score (nSPS) is 12.9. The molecule has 2 amide bonds. The number of carboxylic acids is 1. The van der Waals surface area contributed by atoms with Gasteiger partial charge in [0.2, 0.25) is 5.91 Å². The zero-order valence-electron chi connectivity index (χ0n) is 13.7. The molecule has 138 valence electrons. The SMILES string of the molecule is C[C@@H](NC(=O)c1cccs1)C(=O)N[C@@H](CC(=O)O)c1ccc(Cl)c(F)c1. The molecule has 0 saturated carbocycles. The van der Waals surface area contributed by atoms with Crippen LogP contribution in [0.15, 0.2) is 35.7 Å². The molecule has 1 heterocycles. The van der Waals surface area contributed by atoms with Crippen molar-refractivity contribution in [2.45, 2.75) is 25.4 Å². The minimum absolute atomic E-state index is 0.106. The summed E-state index contributed by atoms with van der Waals surface area (Å²) in [5.41, 5.74) is 0.263. The molecule has 3 N–H and O–H groups in total. The van der Waals surface area contributed by atoms with Gasteiger partial charge in [0.05, 0.1) is 22.4 Å². The van der Waals surface area contributed by atoms with Crippen LogP contribution in [0.1, 0.15) is 34.6 Å². The Morgan fingerprint density at radius 2 is 2.00 bits per heavy atom. The van der Waals surface area contributed by atoms with Gasteiger partial charge >= 0.3 is 5.97 Å². The molecule has 6 nitrogen and oxygen atoms in total. The van der Waals surface area contributed by atoms with Crippen LogP contribution in [0.4, 0.5) is 4.39 Å². The van der Waals surface area contributed by atoms with E-state index in [9.17, 15) is 18.8 Å². The number of benzene rings is 1. The summed E-state index contributed by atoms with van der Waals surface area (Å²) in [4.78, 5) is 35.9. The number of hydrogen-bond acceptors (Lipinski definition) is 4. The van der Waals surface area contributed by atoms with Crippen molar-refractivity contribution in [1.82, 2.24) is 10.6 Å². The average molecular weight is 399 g/mol. The third-order valence-corrected chi connectivity index (χ3v) is 4.70. The van der Waals surface area contributed by atoms with Crippen LogP contribution in [0.3, 0.4) is 0 Å². The van der Waals surface area contributed by atoms with E-state index in [4.69, 9.17) is 16.7 Å². The number of halogens is 2. The summed E-state index contributed by atoms with van der Waals surface area (Å²) in [6.07, 6.45) is -0.446. The molecule has 0 spiro atoms. The van der Waals surface area contributed by atoms with E-state index in [1.165, 1.54) is 30.4 Å². The molecular formula is C17H16ClFN2O4S. The highest BCUT2D eigenvalue weighted by molar-refractivity contribution is 7.12. The van der Waals surface area contributed by atoms with Crippen molar-refractivity contribution in [2.24, 2.45) is 0 Å². The lowest BCUT2D eigenvalue weighted by molar-refractivity contribution is -0.137. The summed E-state index contributed by atoms with van der Waals surface area (Å²) in [5.74, 6) is -2.87. The minimum atomic E-state index is -1.17. The molecule has 0 bridgehead atoms. The average Bonchev–Trinajstić information content (AvgIpc) is 3.10. The molecule has 26 heavy (non-hydrogen) atoms. The van der Waals surface area contributed by atoms with Crippen molar-refractivity contribution < 1.29 is 23.9 Å². The van der Waals surface area contributed by atoms with Crippen LogP contribution < -0.4 is 10.6 Å². The number of carboxylic acid groups (broad SMARTS) is 1. The Balaban J connectivity index is 2.08. The molecule has 0 saturated heterocycles. The minimum Gasteiger partial charge on any atom is -0.481 e. The number of rotatable bonds is 7. The van der Waals surface area contributed by atoms with Gasteiger partial charge in [0.1, 0.15) is 11.9 Å². The molecule has 2 aromatic rings. The van der Waals surface area contributed by atoms with Crippen LogP contribution in [0.2, 0.25) is 5.02 Å². The quantitative estimate of drug-likeness (QED) is 0.668. The largest absolute Gasteiger partial charge is 0.481 e. The first-order chi connectivity index (χ1) is 12.3. The molecule has 2 atom stereocenters. The van der Waals surface area contributed by atoms with Crippen molar-refractivity contribution in [1.29, 1.82) is 0 Å². The molecule has 9 heteroatoms. The van der Waals surface area contributed by atoms with E-state index in [1.54, 1.807) is 17.5 Å². The predicted octanol–water partition coefficient (Wildman–Crippen LogP) is 2.99. The predicted molar refractivity (Wildman–Crippen MR) is 95.8 cm³/mol. The Labute approximate surface area is 158 Å². The second kappa shape index (κ2) is 8.77. The van der Waals surface area contributed by atoms with Gasteiger partial charge in [0.25, 0.3) is 5.91 Å². The molecule has 0 radical (unpaired) electrons. The Hall–Kier alpha value is -2.45. The van der Waals surface area contributed by atoms with E-state index in [1.807, 2.05) is 0 Å². The van der Waals surface area contributed by atoms with E-state index >= 15 is 0 Å². The van der Waals surface area contributed by atoms with Crippen molar-refractivity contribution in [3.05, 3.63) is 57.0 Å². The fourth-order valence-corrected chi connectivity index (χ4v) is 2.94. The summed E-state index contributed by atoms with van der Waals surface area (Å²) in [7, 11) is 0. The van der Waals surface area contributed by atoms with Crippen molar-refractivity contribution in [3.8, 4) is 0 Å². The van der Waals surface area contributed by atoms with Crippen LogP contribution in [0, 0.1) is 5.82 Å². The topological polar surface area (TPSA) is 95.5 Å². The highest BCUT2D eigenvalue weighted by atomic mass is 35.5. The van der Waals surface area contributed by atoms with Gasteiger partial charge in [-0.25, -0.2) is 4.39 Å². The Morgan fingerprint density at radius 1 is 1.27 bits per heavy atom. The van der Waals surface area contributed by atoms with Gasteiger partial charge in [-0.2, -0.15) is 0 Å². The van der Waals surface area contributed by atoms with Crippen LogP contribution in [-0.4, -0.2) is 28.9 Å². The van der Waals surface area contributed by atoms with Gasteiger partial charge in [-0.1, -0.05) is 23.7 Å². The number of carbonyl (C=O) groups is 3. The fourth-order valence-electron chi connectivity index (χ4n) is 2.19. The van der Waals surface area contributed by atoms with Crippen LogP contribution in [-0.2, 0) is 9.59 Å². The molecule has 0 aliphatic heterocycles. The van der Waals surface area contributed by atoms with E-state index in [0.29, 0.717) is 4.88 Å². The summed E-state index contributed by atoms with van der Waals surface area (Å²) in [6.45, 7) is 1.47. The van der Waals surface area contributed by atoms with E-state index in [0.717, 1.165) is 6.07 Å². The van der Waals surface area contributed by atoms with Crippen LogP contribution in [0.5, 0.6) is 0 Å². The number of hydrogen-bond donors (Lipinski definition) is 3. The lowest BCUT2D eigenvalue weighted by Crippen LogP contribution is -2.46. The maximum Gasteiger partial charge on any atom is 0.305 e. The molecule has 2 rings (SSSR count). The highest BCUT2D eigenvalue weighted by Gasteiger charge is 2.23. The van der Waals surface area contributed by atoms with E-state index in [2.05, 4.69) is 10.6 Å². The Bertz CT molecular complexity index is 813. The van der Waals surface area contributed by atoms with E-state index in [-0.39, 0.29) is 10.6 Å². The second-order valence-corrected chi connectivity index (χ2v) is 6.86. The zero-order chi connectivity index (χ0) is 19.3. The molecule has 1 aromatic heterocycles. The van der Waals surface area contributed by atoms with Crippen LogP contribution in [0.25, 0.3) is 0 Å². The monoisotopic (exact) mass is 398 g/mol. The molecular weight excluding hydrogens is 383 g/mol. The first-order valence-electron chi connectivity index (χ1n) is 7.59. The van der Waals surface area contributed by atoms with E-state index < -0.39 is 42.1 Å². The standard InChI is InChI=1S/C17H16ClFN2O4S/c1-9(20-17(25)14-3-2-6-26-14)16(24)21-13(8-15(22)23)10-4-5-11(18)12(19)7-10/h2-7,9,13H,8H2,1H3,(H,20,25)(H,21,24)(H,22,23)/t9-,13+/m1/s1. The van der Waals surface area contributed by atoms with Gasteiger partial charge in [-0.05, 0) is 36.1 Å². The summed E-state index contributed by atoms with van der Waals surface area (Å²) >= 11 is 6.86. The Kier molecular flexibility index (Phi) is 6.70. The van der Waals surface area contributed by atoms with Gasteiger partial charge in [-0.3, -0.25) is 14.4 Å². The lowest BCUT2D eigenvalue weighted by atomic mass is 10.0. The summed E-state index contributed by atoms with van der Waals surface area (Å²) in [5, 5.41) is 15.7. The Morgan fingerprint density at radius 3 is 2.58 bits per heavy atom. The van der Waals surface area contributed by atoms with Gasteiger partial charge < -0.3 is 15.7 Å². The van der Waals surface area contributed by atoms with Gasteiger partial charge in [-0.15, -0.1) is 11.3 Å². The maximum atomic E-state index is 13.7. The maximum absolute atomic E-state index is 13.7. The number of carbonyl (C=O) groups excluding carboxylic acids is 2.